The fourth-order valence-electron chi connectivity index (χ4n) is 2.76. The van der Waals surface area contributed by atoms with Gasteiger partial charge in [-0.25, -0.2) is 4.39 Å². The molecule has 1 aliphatic rings. The lowest BCUT2D eigenvalue weighted by atomic mass is 9.97. The van der Waals surface area contributed by atoms with Crippen molar-refractivity contribution in [2.45, 2.75) is 12.8 Å². The summed E-state index contributed by atoms with van der Waals surface area (Å²) in [6.45, 7) is 2.02. The predicted octanol–water partition coefficient (Wildman–Crippen LogP) is 4.28. The SMILES string of the molecule is O=C(C=CN1CCCC1)c1ccccc1-c1cccc(F)c1. The number of benzene rings is 2. The number of nitrogens with zero attached hydrogens (tertiary/aromatic N) is 1. The topological polar surface area (TPSA) is 20.3 Å². The summed E-state index contributed by atoms with van der Waals surface area (Å²) in [5, 5.41) is 0. The van der Waals surface area contributed by atoms with Crippen molar-refractivity contribution in [1.29, 1.82) is 0 Å². The number of likely N-dealkylation sites (tertiary alicyclic amines) is 1. The molecule has 0 bridgehead atoms. The Hall–Kier alpha value is -2.42. The number of rotatable bonds is 4. The Morgan fingerprint density at radius 3 is 2.59 bits per heavy atom. The van der Waals surface area contributed by atoms with Crippen molar-refractivity contribution >= 4 is 5.78 Å². The van der Waals surface area contributed by atoms with E-state index in [1.165, 1.54) is 25.0 Å². The molecular formula is C19H18FNO. The summed E-state index contributed by atoms with van der Waals surface area (Å²) < 4.78 is 13.4. The van der Waals surface area contributed by atoms with E-state index in [2.05, 4.69) is 4.90 Å². The van der Waals surface area contributed by atoms with Gasteiger partial charge >= 0.3 is 0 Å². The highest BCUT2D eigenvalue weighted by Crippen LogP contribution is 2.25. The van der Waals surface area contributed by atoms with Crippen LogP contribution in [0.1, 0.15) is 23.2 Å². The minimum absolute atomic E-state index is 0.0493. The van der Waals surface area contributed by atoms with Gasteiger partial charge in [-0.3, -0.25) is 4.79 Å². The summed E-state index contributed by atoms with van der Waals surface area (Å²) in [5.74, 6) is -0.348. The number of halogens is 1. The quantitative estimate of drug-likeness (QED) is 0.619. The number of carbonyl (C=O) groups is 1. The molecule has 0 saturated carbocycles. The summed E-state index contributed by atoms with van der Waals surface area (Å²) in [5.41, 5.74) is 2.08. The molecule has 0 aliphatic carbocycles. The minimum Gasteiger partial charge on any atom is -0.377 e. The lowest BCUT2D eigenvalue weighted by Crippen LogP contribution is -2.11. The zero-order chi connectivity index (χ0) is 15.4. The average molecular weight is 295 g/mol. The standard InChI is InChI=1S/C19H18FNO/c20-16-7-5-6-15(14-16)17-8-1-2-9-18(17)19(22)10-13-21-11-3-4-12-21/h1-2,5-10,13-14H,3-4,11-12H2. The molecule has 1 fully saturated rings. The molecule has 0 atom stereocenters. The van der Waals surface area contributed by atoms with Crippen LogP contribution in [0.4, 0.5) is 4.39 Å². The molecule has 0 amide bonds. The molecule has 0 aromatic heterocycles. The number of hydrogen-bond donors (Lipinski definition) is 0. The summed E-state index contributed by atoms with van der Waals surface area (Å²) in [7, 11) is 0. The van der Waals surface area contributed by atoms with Gasteiger partial charge in [-0.05, 0) is 36.1 Å². The fraction of sp³-hybridized carbons (Fsp3) is 0.211. The Morgan fingerprint density at radius 1 is 1.05 bits per heavy atom. The zero-order valence-electron chi connectivity index (χ0n) is 12.3. The number of ketones is 1. The van der Waals surface area contributed by atoms with Crippen LogP contribution >= 0.6 is 0 Å². The number of carbonyl (C=O) groups excluding carboxylic acids is 1. The minimum atomic E-state index is -0.299. The highest BCUT2D eigenvalue weighted by atomic mass is 19.1. The molecule has 0 spiro atoms. The zero-order valence-corrected chi connectivity index (χ0v) is 12.3. The van der Waals surface area contributed by atoms with Gasteiger partial charge in [0.2, 0.25) is 0 Å². The maximum atomic E-state index is 13.4. The molecule has 2 aromatic rings. The molecule has 22 heavy (non-hydrogen) atoms. The monoisotopic (exact) mass is 295 g/mol. The molecule has 1 saturated heterocycles. The Morgan fingerprint density at radius 2 is 1.82 bits per heavy atom. The Kier molecular flexibility index (Phi) is 4.33. The summed E-state index contributed by atoms with van der Waals surface area (Å²) in [6.07, 6.45) is 5.85. The molecule has 2 aromatic carbocycles. The van der Waals surface area contributed by atoms with E-state index in [1.807, 2.05) is 30.5 Å². The Balaban J connectivity index is 1.89. The molecule has 0 N–H and O–H groups in total. The molecule has 1 heterocycles. The Bertz CT molecular complexity index is 702. The first-order chi connectivity index (χ1) is 10.7. The van der Waals surface area contributed by atoms with Gasteiger partial charge in [0.05, 0.1) is 0 Å². The van der Waals surface area contributed by atoms with E-state index in [9.17, 15) is 9.18 Å². The average Bonchev–Trinajstić information content (AvgIpc) is 3.06. The van der Waals surface area contributed by atoms with Gasteiger partial charge < -0.3 is 4.90 Å². The highest BCUT2D eigenvalue weighted by Gasteiger charge is 2.12. The van der Waals surface area contributed by atoms with Crippen LogP contribution in [0, 0.1) is 5.82 Å². The second-order valence-electron chi connectivity index (χ2n) is 5.48. The number of hydrogen-bond acceptors (Lipinski definition) is 2. The van der Waals surface area contributed by atoms with Crippen LogP contribution in [0.2, 0.25) is 0 Å². The van der Waals surface area contributed by atoms with E-state index in [0.717, 1.165) is 24.2 Å². The second-order valence-corrected chi connectivity index (χ2v) is 5.48. The van der Waals surface area contributed by atoms with Crippen molar-refractivity contribution < 1.29 is 9.18 Å². The van der Waals surface area contributed by atoms with Crippen molar-refractivity contribution in [2.75, 3.05) is 13.1 Å². The third-order valence-electron chi connectivity index (χ3n) is 3.91. The fourth-order valence-corrected chi connectivity index (χ4v) is 2.76. The number of allylic oxidation sites excluding steroid dienone is 1. The first-order valence-electron chi connectivity index (χ1n) is 7.55. The van der Waals surface area contributed by atoms with Gasteiger partial charge in [-0.15, -0.1) is 0 Å². The summed E-state index contributed by atoms with van der Waals surface area (Å²) in [6, 6.07) is 13.7. The van der Waals surface area contributed by atoms with Crippen LogP contribution in [0.25, 0.3) is 11.1 Å². The first kappa shape index (κ1) is 14.5. The van der Waals surface area contributed by atoms with Gasteiger partial charge in [-0.2, -0.15) is 0 Å². The summed E-state index contributed by atoms with van der Waals surface area (Å²) >= 11 is 0. The van der Waals surface area contributed by atoms with E-state index in [4.69, 9.17) is 0 Å². The van der Waals surface area contributed by atoms with E-state index in [-0.39, 0.29) is 11.6 Å². The van der Waals surface area contributed by atoms with E-state index in [0.29, 0.717) is 5.56 Å². The maximum Gasteiger partial charge on any atom is 0.187 e. The molecular weight excluding hydrogens is 277 g/mol. The molecule has 112 valence electrons. The van der Waals surface area contributed by atoms with Crippen LogP contribution < -0.4 is 0 Å². The van der Waals surface area contributed by atoms with Crippen molar-refractivity contribution in [3.63, 3.8) is 0 Å². The van der Waals surface area contributed by atoms with Gasteiger partial charge in [0, 0.05) is 30.9 Å². The molecule has 0 unspecified atom stereocenters. The van der Waals surface area contributed by atoms with E-state index < -0.39 is 0 Å². The summed E-state index contributed by atoms with van der Waals surface area (Å²) in [4.78, 5) is 14.6. The van der Waals surface area contributed by atoms with Gasteiger partial charge in [-0.1, -0.05) is 36.4 Å². The van der Waals surface area contributed by atoms with Crippen LogP contribution in [-0.2, 0) is 0 Å². The van der Waals surface area contributed by atoms with Crippen molar-refractivity contribution in [2.24, 2.45) is 0 Å². The van der Waals surface area contributed by atoms with Crippen LogP contribution in [-0.4, -0.2) is 23.8 Å². The highest BCUT2D eigenvalue weighted by molar-refractivity contribution is 6.09. The molecule has 2 nitrogen and oxygen atoms in total. The van der Waals surface area contributed by atoms with Crippen molar-refractivity contribution in [1.82, 2.24) is 4.90 Å². The second kappa shape index (κ2) is 6.56. The predicted molar refractivity (Wildman–Crippen MR) is 86.1 cm³/mol. The third-order valence-corrected chi connectivity index (χ3v) is 3.91. The van der Waals surface area contributed by atoms with Gasteiger partial charge in [0.15, 0.2) is 5.78 Å². The molecule has 1 aliphatic heterocycles. The Labute approximate surface area is 129 Å². The maximum absolute atomic E-state index is 13.4. The van der Waals surface area contributed by atoms with Crippen molar-refractivity contribution in [3.05, 3.63) is 72.2 Å². The lowest BCUT2D eigenvalue weighted by Gasteiger charge is -2.11. The smallest absolute Gasteiger partial charge is 0.187 e. The third kappa shape index (κ3) is 3.25. The van der Waals surface area contributed by atoms with Gasteiger partial charge in [0.1, 0.15) is 5.82 Å². The first-order valence-corrected chi connectivity index (χ1v) is 7.55. The normalized spacial score (nSPS) is 14.7. The van der Waals surface area contributed by atoms with Crippen molar-refractivity contribution in [3.8, 4) is 11.1 Å². The van der Waals surface area contributed by atoms with Gasteiger partial charge in [0.25, 0.3) is 0 Å². The molecule has 3 heteroatoms. The molecule has 3 rings (SSSR count). The molecule has 0 radical (unpaired) electrons. The van der Waals surface area contributed by atoms with E-state index in [1.54, 1.807) is 18.2 Å². The lowest BCUT2D eigenvalue weighted by molar-refractivity contribution is 0.104. The van der Waals surface area contributed by atoms with Crippen LogP contribution in [0.5, 0.6) is 0 Å². The van der Waals surface area contributed by atoms with Crippen LogP contribution in [0.15, 0.2) is 60.8 Å². The largest absolute Gasteiger partial charge is 0.377 e. The van der Waals surface area contributed by atoms with E-state index >= 15 is 0 Å². The van der Waals surface area contributed by atoms with Crippen LogP contribution in [0.3, 0.4) is 0 Å².